The summed E-state index contributed by atoms with van der Waals surface area (Å²) in [6.07, 6.45) is 2.53. The van der Waals surface area contributed by atoms with E-state index in [0.717, 1.165) is 12.8 Å². The van der Waals surface area contributed by atoms with Crippen LogP contribution in [0, 0.1) is 11.8 Å². The van der Waals surface area contributed by atoms with Crippen LogP contribution in [-0.4, -0.2) is 37.2 Å². The number of amides is 1. The molecular weight excluding hydrogens is 326 g/mol. The number of para-hydroxylation sites is 1. The number of benzene rings is 1. The van der Waals surface area contributed by atoms with Gasteiger partial charge in [-0.1, -0.05) is 31.0 Å². The first-order valence-corrected chi connectivity index (χ1v) is 8.23. The molecule has 0 aliphatic heterocycles. The average Bonchev–Trinajstić information content (AvgIpc) is 2.65. The topological polar surface area (TPSA) is 102 Å². The molecule has 0 spiro atoms. The highest BCUT2D eigenvalue weighted by molar-refractivity contribution is 5.89. The van der Waals surface area contributed by atoms with Crippen molar-refractivity contribution in [3.05, 3.63) is 29.8 Å². The lowest BCUT2D eigenvalue weighted by atomic mass is 9.78. The molecule has 1 aliphatic rings. The number of rotatable bonds is 6. The van der Waals surface area contributed by atoms with Crippen LogP contribution in [-0.2, 0) is 19.1 Å². The zero-order valence-electron chi connectivity index (χ0n) is 14.4. The van der Waals surface area contributed by atoms with Gasteiger partial charge >= 0.3 is 11.9 Å². The summed E-state index contributed by atoms with van der Waals surface area (Å²) in [4.78, 5) is 36.3. The Balaban J connectivity index is 2.26. The molecule has 1 saturated carbocycles. The van der Waals surface area contributed by atoms with Crippen molar-refractivity contribution in [2.24, 2.45) is 11.8 Å². The van der Waals surface area contributed by atoms with E-state index in [4.69, 9.17) is 9.47 Å². The lowest BCUT2D eigenvalue weighted by Crippen LogP contribution is -2.43. The van der Waals surface area contributed by atoms with E-state index in [1.54, 1.807) is 24.3 Å². The maximum atomic E-state index is 12.7. The molecule has 7 heteroatoms. The van der Waals surface area contributed by atoms with E-state index in [9.17, 15) is 19.5 Å². The largest absolute Gasteiger partial charge is 0.496 e. The number of hydrogen-bond donors (Lipinski definition) is 2. The molecule has 0 bridgehead atoms. The molecule has 0 aromatic heterocycles. The Labute approximate surface area is 146 Å². The van der Waals surface area contributed by atoms with Crippen molar-refractivity contribution >= 4 is 17.8 Å². The second-order valence-electron chi connectivity index (χ2n) is 6.04. The summed E-state index contributed by atoms with van der Waals surface area (Å²) in [5, 5.41) is 12.0. The van der Waals surface area contributed by atoms with Gasteiger partial charge in [0.1, 0.15) is 5.75 Å². The Morgan fingerprint density at radius 3 is 2.36 bits per heavy atom. The van der Waals surface area contributed by atoms with Crippen LogP contribution in [0.4, 0.5) is 0 Å². The Morgan fingerprint density at radius 2 is 1.76 bits per heavy atom. The minimum Gasteiger partial charge on any atom is -0.496 e. The van der Waals surface area contributed by atoms with Gasteiger partial charge in [0, 0.05) is 5.56 Å². The molecule has 2 N–H and O–H groups in total. The number of carbonyl (C=O) groups excluding carboxylic acids is 2. The number of carboxylic acids is 1. The molecule has 1 aliphatic carbocycles. The predicted molar refractivity (Wildman–Crippen MR) is 89.0 cm³/mol. The minimum absolute atomic E-state index is 0.441. The van der Waals surface area contributed by atoms with Crippen LogP contribution < -0.4 is 10.1 Å². The number of hydrogen-bond acceptors (Lipinski definition) is 5. The molecule has 1 amide bonds. The van der Waals surface area contributed by atoms with Gasteiger partial charge in [-0.25, -0.2) is 4.79 Å². The molecular formula is C18H23NO6. The summed E-state index contributed by atoms with van der Waals surface area (Å²) in [6.45, 7) is 0. The number of carboxylic acid groups (broad SMARTS) is 1. The molecule has 2 rings (SSSR count). The fraction of sp³-hybridized carbons (Fsp3) is 0.500. The first kappa shape index (κ1) is 18.8. The Hall–Kier alpha value is -2.57. The molecule has 0 heterocycles. The zero-order chi connectivity index (χ0) is 18.4. The SMILES string of the molecule is COC(=O)[C@H](NC(=O)[C@H]1CCCC[C@@H]1C(=O)O)c1ccccc1OC. The van der Waals surface area contributed by atoms with Crippen molar-refractivity contribution in [2.45, 2.75) is 31.7 Å². The van der Waals surface area contributed by atoms with Crippen molar-refractivity contribution < 1.29 is 29.0 Å². The van der Waals surface area contributed by atoms with Crippen LogP contribution in [0.25, 0.3) is 0 Å². The van der Waals surface area contributed by atoms with E-state index in [2.05, 4.69) is 5.32 Å². The second kappa shape index (κ2) is 8.50. The van der Waals surface area contributed by atoms with E-state index >= 15 is 0 Å². The molecule has 0 unspecified atom stereocenters. The van der Waals surface area contributed by atoms with Crippen molar-refractivity contribution in [1.82, 2.24) is 5.32 Å². The first-order chi connectivity index (χ1) is 12.0. The van der Waals surface area contributed by atoms with E-state index < -0.39 is 35.7 Å². The third kappa shape index (κ3) is 4.29. The standard InChI is InChI=1S/C18H23NO6/c1-24-14-10-6-5-9-13(14)15(18(23)25-2)19-16(20)11-7-3-4-8-12(11)17(21)22/h5-6,9-12,15H,3-4,7-8H2,1-2H3,(H,19,20)(H,21,22)/t11-,12-,15+/m0/s1. The Kier molecular flexibility index (Phi) is 6.38. The first-order valence-electron chi connectivity index (χ1n) is 8.23. The number of methoxy groups -OCH3 is 2. The smallest absolute Gasteiger partial charge is 0.333 e. The van der Waals surface area contributed by atoms with Crippen LogP contribution >= 0.6 is 0 Å². The predicted octanol–water partition coefficient (Wildman–Crippen LogP) is 1.92. The van der Waals surface area contributed by atoms with Gasteiger partial charge in [-0.05, 0) is 18.9 Å². The highest BCUT2D eigenvalue weighted by Gasteiger charge is 2.38. The third-order valence-electron chi connectivity index (χ3n) is 4.59. The lowest BCUT2D eigenvalue weighted by Gasteiger charge is -2.29. The summed E-state index contributed by atoms with van der Waals surface area (Å²) >= 11 is 0. The van der Waals surface area contributed by atoms with Crippen LogP contribution in [0.5, 0.6) is 5.75 Å². The van der Waals surface area contributed by atoms with E-state index in [1.165, 1.54) is 14.2 Å². The van der Waals surface area contributed by atoms with Gasteiger partial charge in [-0.3, -0.25) is 9.59 Å². The number of nitrogens with one attached hydrogen (secondary N) is 1. The van der Waals surface area contributed by atoms with Crippen molar-refractivity contribution in [3.8, 4) is 5.75 Å². The van der Waals surface area contributed by atoms with Gasteiger partial charge in [0.15, 0.2) is 6.04 Å². The van der Waals surface area contributed by atoms with Crippen LogP contribution in [0.2, 0.25) is 0 Å². The van der Waals surface area contributed by atoms with Crippen LogP contribution in [0.15, 0.2) is 24.3 Å². The van der Waals surface area contributed by atoms with E-state index in [-0.39, 0.29) is 0 Å². The number of aliphatic carboxylic acids is 1. The van der Waals surface area contributed by atoms with Crippen molar-refractivity contribution in [2.75, 3.05) is 14.2 Å². The highest BCUT2D eigenvalue weighted by Crippen LogP contribution is 2.32. The Bertz CT molecular complexity index is 644. The van der Waals surface area contributed by atoms with Crippen molar-refractivity contribution in [3.63, 3.8) is 0 Å². The van der Waals surface area contributed by atoms with E-state index in [0.29, 0.717) is 24.2 Å². The normalized spacial score (nSPS) is 21.0. The monoisotopic (exact) mass is 349 g/mol. The summed E-state index contributed by atoms with van der Waals surface area (Å²) < 4.78 is 10.1. The summed E-state index contributed by atoms with van der Waals surface area (Å²) in [7, 11) is 2.70. The third-order valence-corrected chi connectivity index (χ3v) is 4.59. The fourth-order valence-corrected chi connectivity index (χ4v) is 3.28. The van der Waals surface area contributed by atoms with Gasteiger partial charge in [-0.2, -0.15) is 0 Å². The maximum absolute atomic E-state index is 12.7. The summed E-state index contributed by atoms with van der Waals surface area (Å²) in [5.41, 5.74) is 0.466. The summed E-state index contributed by atoms with van der Waals surface area (Å²) in [5.74, 6) is -3.02. The maximum Gasteiger partial charge on any atom is 0.333 e. The van der Waals surface area contributed by atoms with Gasteiger partial charge in [0.2, 0.25) is 5.91 Å². The number of carbonyl (C=O) groups is 3. The van der Waals surface area contributed by atoms with Crippen molar-refractivity contribution in [1.29, 1.82) is 0 Å². The molecule has 1 aromatic carbocycles. The van der Waals surface area contributed by atoms with E-state index in [1.807, 2.05) is 0 Å². The van der Waals surface area contributed by atoms with Gasteiger partial charge in [-0.15, -0.1) is 0 Å². The molecule has 3 atom stereocenters. The highest BCUT2D eigenvalue weighted by atomic mass is 16.5. The molecule has 0 saturated heterocycles. The van der Waals surface area contributed by atoms with Crippen LogP contribution in [0.1, 0.15) is 37.3 Å². The Morgan fingerprint density at radius 1 is 1.12 bits per heavy atom. The second-order valence-corrected chi connectivity index (χ2v) is 6.04. The minimum atomic E-state index is -1.05. The molecule has 136 valence electrons. The average molecular weight is 349 g/mol. The van der Waals surface area contributed by atoms with Gasteiger partial charge < -0.3 is 19.9 Å². The van der Waals surface area contributed by atoms with Gasteiger partial charge in [0.05, 0.1) is 26.1 Å². The molecule has 1 fully saturated rings. The quantitative estimate of drug-likeness (QED) is 0.761. The molecule has 25 heavy (non-hydrogen) atoms. The molecule has 7 nitrogen and oxygen atoms in total. The zero-order valence-corrected chi connectivity index (χ0v) is 14.4. The lowest BCUT2D eigenvalue weighted by molar-refractivity contribution is -0.150. The van der Waals surface area contributed by atoms with Crippen LogP contribution in [0.3, 0.4) is 0 Å². The fourth-order valence-electron chi connectivity index (χ4n) is 3.28. The summed E-state index contributed by atoms with van der Waals surface area (Å²) in [6, 6.07) is 5.76. The number of ether oxygens (including phenoxy) is 2. The molecule has 0 radical (unpaired) electrons. The van der Waals surface area contributed by atoms with Gasteiger partial charge in [0.25, 0.3) is 0 Å². The number of esters is 1. The molecule has 1 aromatic rings.